The van der Waals surface area contributed by atoms with E-state index in [0.717, 1.165) is 23.3 Å². The third kappa shape index (κ3) is 8.33. The Bertz CT molecular complexity index is 1810. The number of halogens is 4. The zero-order valence-corrected chi connectivity index (χ0v) is 25.7. The van der Waals surface area contributed by atoms with E-state index in [4.69, 9.17) is 9.47 Å². The lowest BCUT2D eigenvalue weighted by Gasteiger charge is -2.17. The highest BCUT2D eigenvalue weighted by molar-refractivity contribution is 9.10. The number of nitrogens with one attached hydrogen (secondary N) is 1. The van der Waals surface area contributed by atoms with Gasteiger partial charge in [0.05, 0.1) is 11.1 Å². The summed E-state index contributed by atoms with van der Waals surface area (Å²) in [5.74, 6) is -0.390. The van der Waals surface area contributed by atoms with Crippen LogP contribution in [0.1, 0.15) is 27.0 Å². The van der Waals surface area contributed by atoms with Crippen LogP contribution in [0.5, 0.6) is 17.2 Å². The summed E-state index contributed by atoms with van der Waals surface area (Å²) >= 11 is 3.32. The highest BCUT2D eigenvalue weighted by atomic mass is 79.9. The Hall–Kier alpha value is -5.09. The highest BCUT2D eigenvalue weighted by Gasteiger charge is 2.30. The molecule has 0 spiro atoms. The first kappa shape index (κ1) is 32.3. The molecule has 0 aromatic heterocycles. The zero-order chi connectivity index (χ0) is 32.7. The number of carbonyl (C=O) groups is 2. The molecule has 5 aromatic rings. The maximum Gasteiger partial charge on any atom is 0.416 e. The molecule has 2 N–H and O–H groups in total. The number of para-hydroxylation sites is 2. The van der Waals surface area contributed by atoms with Crippen LogP contribution >= 0.6 is 15.9 Å². The fourth-order valence-electron chi connectivity index (χ4n) is 4.66. The van der Waals surface area contributed by atoms with Crippen molar-refractivity contribution in [2.24, 2.45) is 0 Å². The molecule has 0 saturated heterocycles. The number of hydrogen-bond acceptors (Lipinski definition) is 4. The predicted molar refractivity (Wildman–Crippen MR) is 171 cm³/mol. The number of aliphatic carboxylic acids is 1. The topological polar surface area (TPSA) is 84.9 Å². The number of rotatable bonds is 11. The van der Waals surface area contributed by atoms with Crippen LogP contribution in [0.4, 0.5) is 13.2 Å². The molecule has 234 valence electrons. The molecule has 0 radical (unpaired) electrons. The Labute approximate surface area is 271 Å². The van der Waals surface area contributed by atoms with E-state index >= 15 is 0 Å². The smallest absolute Gasteiger partial charge is 0.416 e. The number of carbonyl (C=O) groups excluding carboxylic acids is 1. The van der Waals surface area contributed by atoms with Gasteiger partial charge in [0.25, 0.3) is 5.91 Å². The number of benzene rings is 5. The van der Waals surface area contributed by atoms with E-state index in [1.54, 1.807) is 18.2 Å². The SMILES string of the molecule is O=C(N[C@@H](Cc1ccc(-c2ccccc2Oc2ccccc2)cc1)C(=O)O)c1cc(Br)ccc1OCc1ccc(C(F)(F)F)cc1. The number of hydrogen-bond donors (Lipinski definition) is 2. The van der Waals surface area contributed by atoms with Gasteiger partial charge in [0.2, 0.25) is 0 Å². The van der Waals surface area contributed by atoms with Crippen LogP contribution in [0.25, 0.3) is 11.1 Å². The third-order valence-corrected chi connectivity index (χ3v) is 7.52. The van der Waals surface area contributed by atoms with Crippen molar-refractivity contribution in [2.75, 3.05) is 0 Å². The summed E-state index contributed by atoms with van der Waals surface area (Å²) in [5.41, 5.74) is 2.16. The van der Waals surface area contributed by atoms with Crippen LogP contribution in [0.2, 0.25) is 0 Å². The fourth-order valence-corrected chi connectivity index (χ4v) is 5.02. The van der Waals surface area contributed by atoms with Gasteiger partial charge >= 0.3 is 12.1 Å². The van der Waals surface area contributed by atoms with Gasteiger partial charge in [-0.2, -0.15) is 13.2 Å². The molecule has 0 aliphatic heterocycles. The van der Waals surface area contributed by atoms with E-state index in [0.29, 0.717) is 27.1 Å². The van der Waals surface area contributed by atoms with Gasteiger partial charge in [-0.3, -0.25) is 4.79 Å². The standard InChI is InChI=1S/C36H27BrF3NO5/c37-27-18-19-32(45-22-24-12-16-26(17-13-24)36(38,39)40)30(21-27)34(42)41-31(35(43)44)20-23-10-14-25(15-11-23)29-8-4-5-9-33(29)46-28-6-2-1-3-7-28/h1-19,21,31H,20,22H2,(H,41,42)(H,43,44)/t31-/m0/s1. The van der Waals surface area contributed by atoms with Gasteiger partial charge in [-0.25, -0.2) is 4.79 Å². The van der Waals surface area contributed by atoms with Crippen LogP contribution in [-0.2, 0) is 24.0 Å². The number of carboxylic acids is 1. The molecule has 0 aliphatic carbocycles. The normalized spacial score (nSPS) is 11.8. The molecule has 6 nitrogen and oxygen atoms in total. The van der Waals surface area contributed by atoms with Gasteiger partial charge < -0.3 is 19.9 Å². The molecule has 0 fully saturated rings. The lowest BCUT2D eigenvalue weighted by atomic mass is 9.99. The summed E-state index contributed by atoms with van der Waals surface area (Å²) < 4.78 is 51.1. The summed E-state index contributed by atoms with van der Waals surface area (Å²) in [6, 6.07) is 32.2. The van der Waals surface area contributed by atoms with Gasteiger partial charge in [-0.05, 0) is 65.2 Å². The van der Waals surface area contributed by atoms with E-state index in [9.17, 15) is 27.9 Å². The van der Waals surface area contributed by atoms with Crippen molar-refractivity contribution >= 4 is 27.8 Å². The van der Waals surface area contributed by atoms with Crippen molar-refractivity contribution in [1.29, 1.82) is 0 Å². The predicted octanol–water partition coefficient (Wildman–Crippen LogP) is 8.93. The Balaban J connectivity index is 1.27. The van der Waals surface area contributed by atoms with Crippen LogP contribution < -0.4 is 14.8 Å². The summed E-state index contributed by atoms with van der Waals surface area (Å²) in [6.45, 7) is -0.103. The van der Waals surface area contributed by atoms with Crippen LogP contribution in [0, 0.1) is 0 Å². The lowest BCUT2D eigenvalue weighted by Crippen LogP contribution is -2.42. The second kappa shape index (κ2) is 14.3. The van der Waals surface area contributed by atoms with Crippen LogP contribution in [-0.4, -0.2) is 23.0 Å². The van der Waals surface area contributed by atoms with E-state index < -0.39 is 29.7 Å². The van der Waals surface area contributed by atoms with Crippen molar-refractivity contribution < 1.29 is 37.3 Å². The Morgan fingerprint density at radius 1 is 0.783 bits per heavy atom. The third-order valence-electron chi connectivity index (χ3n) is 7.03. The second-order valence-corrected chi connectivity index (χ2v) is 11.2. The summed E-state index contributed by atoms with van der Waals surface area (Å²) in [7, 11) is 0. The fraction of sp³-hybridized carbons (Fsp3) is 0.111. The van der Waals surface area contributed by atoms with Gasteiger partial charge in [0.15, 0.2) is 0 Å². The Morgan fingerprint density at radius 3 is 2.11 bits per heavy atom. The number of carboxylic acid groups (broad SMARTS) is 1. The molecule has 0 heterocycles. The molecule has 1 atom stereocenters. The molecule has 5 aromatic carbocycles. The molecule has 1 amide bonds. The van der Waals surface area contributed by atoms with Crippen molar-refractivity contribution in [1.82, 2.24) is 5.32 Å². The first-order chi connectivity index (χ1) is 22.1. The van der Waals surface area contributed by atoms with Gasteiger partial charge in [0.1, 0.15) is 29.9 Å². The van der Waals surface area contributed by atoms with Gasteiger partial charge in [-0.15, -0.1) is 0 Å². The Morgan fingerprint density at radius 2 is 1.43 bits per heavy atom. The van der Waals surface area contributed by atoms with E-state index in [1.807, 2.05) is 66.7 Å². The molecule has 0 aliphatic rings. The molecule has 46 heavy (non-hydrogen) atoms. The largest absolute Gasteiger partial charge is 0.488 e. The minimum atomic E-state index is -4.46. The molecular weight excluding hydrogens is 663 g/mol. The molecule has 0 saturated carbocycles. The van der Waals surface area contributed by atoms with Gasteiger partial charge in [0, 0.05) is 16.5 Å². The van der Waals surface area contributed by atoms with E-state index in [2.05, 4.69) is 21.2 Å². The number of ether oxygens (including phenoxy) is 2. The van der Waals surface area contributed by atoms with Crippen molar-refractivity contribution in [3.8, 4) is 28.4 Å². The molecule has 0 bridgehead atoms. The monoisotopic (exact) mass is 689 g/mol. The minimum Gasteiger partial charge on any atom is -0.488 e. The zero-order valence-electron chi connectivity index (χ0n) is 24.1. The van der Waals surface area contributed by atoms with E-state index in [1.165, 1.54) is 24.3 Å². The number of alkyl halides is 3. The van der Waals surface area contributed by atoms with Crippen molar-refractivity contribution in [3.05, 3.63) is 148 Å². The summed E-state index contributed by atoms with van der Waals surface area (Å²) in [6.07, 6.45) is -4.44. The molecular formula is C36H27BrF3NO5. The summed E-state index contributed by atoms with van der Waals surface area (Å²) in [5, 5.41) is 12.5. The van der Waals surface area contributed by atoms with Crippen molar-refractivity contribution in [3.63, 3.8) is 0 Å². The first-order valence-electron chi connectivity index (χ1n) is 14.1. The quantitative estimate of drug-likeness (QED) is 0.145. The van der Waals surface area contributed by atoms with E-state index in [-0.39, 0.29) is 24.3 Å². The first-order valence-corrected chi connectivity index (χ1v) is 14.9. The average molecular weight is 691 g/mol. The Kier molecular flexibility index (Phi) is 10.1. The summed E-state index contributed by atoms with van der Waals surface area (Å²) in [4.78, 5) is 25.5. The van der Waals surface area contributed by atoms with Crippen molar-refractivity contribution in [2.45, 2.75) is 25.2 Å². The molecule has 5 rings (SSSR count). The second-order valence-electron chi connectivity index (χ2n) is 10.3. The lowest BCUT2D eigenvalue weighted by molar-refractivity contribution is -0.139. The highest BCUT2D eigenvalue weighted by Crippen LogP contribution is 2.34. The minimum absolute atomic E-state index is 0.0132. The molecule has 10 heteroatoms. The average Bonchev–Trinajstić information content (AvgIpc) is 3.04. The van der Waals surface area contributed by atoms with Gasteiger partial charge in [-0.1, -0.05) is 88.7 Å². The van der Waals surface area contributed by atoms with Crippen LogP contribution in [0.3, 0.4) is 0 Å². The molecule has 0 unspecified atom stereocenters. The number of amides is 1. The van der Waals surface area contributed by atoms with Crippen LogP contribution in [0.15, 0.2) is 126 Å². The maximum absolute atomic E-state index is 13.3. The maximum atomic E-state index is 13.3.